The van der Waals surface area contributed by atoms with Gasteiger partial charge in [-0.15, -0.1) is 0 Å². The molecule has 1 aromatic rings. The van der Waals surface area contributed by atoms with Crippen LogP contribution in [0.1, 0.15) is 23.2 Å². The number of nitrogens with one attached hydrogen (secondary N) is 1. The van der Waals surface area contributed by atoms with E-state index in [1.54, 1.807) is 7.05 Å². The van der Waals surface area contributed by atoms with Gasteiger partial charge in [-0.05, 0) is 25.0 Å². The number of carboxylic acids is 1. The molecule has 1 aliphatic carbocycles. The van der Waals surface area contributed by atoms with Crippen LogP contribution < -0.4 is 10.2 Å². The molecule has 0 spiro atoms. The Labute approximate surface area is 98.3 Å². The number of aromatic carboxylic acids is 1. The van der Waals surface area contributed by atoms with Crippen molar-refractivity contribution in [2.75, 3.05) is 11.9 Å². The Hall–Kier alpha value is -2.11. The highest BCUT2D eigenvalue weighted by atomic mass is 16.4. The maximum atomic E-state index is 11.7. The predicted octanol–water partition coefficient (Wildman–Crippen LogP) is 1.09. The van der Waals surface area contributed by atoms with Crippen molar-refractivity contribution in [2.45, 2.75) is 18.9 Å². The normalized spacial score (nSPS) is 14.2. The number of nitrogens with zero attached hydrogens (tertiary/aromatic N) is 2. The number of anilines is 1. The largest absolute Gasteiger partial charge is 0.478 e. The lowest BCUT2D eigenvalue weighted by atomic mass is 10.2. The molecular weight excluding hydrogens is 222 g/mol. The van der Waals surface area contributed by atoms with Gasteiger partial charge in [0.15, 0.2) is 0 Å². The van der Waals surface area contributed by atoms with Gasteiger partial charge in [-0.2, -0.15) is 0 Å². The first kappa shape index (κ1) is 11.4. The minimum Gasteiger partial charge on any atom is -0.478 e. The number of carbonyl (C=O) groups excluding carboxylic acids is 1. The highest BCUT2D eigenvalue weighted by molar-refractivity contribution is 5.93. The summed E-state index contributed by atoms with van der Waals surface area (Å²) >= 11 is 0. The molecule has 0 aliphatic heterocycles. The van der Waals surface area contributed by atoms with Crippen molar-refractivity contribution in [1.29, 1.82) is 0 Å². The van der Waals surface area contributed by atoms with Crippen molar-refractivity contribution >= 4 is 17.8 Å². The molecule has 0 atom stereocenters. The van der Waals surface area contributed by atoms with Gasteiger partial charge in [-0.1, -0.05) is 0 Å². The molecule has 0 saturated heterocycles. The summed E-state index contributed by atoms with van der Waals surface area (Å²) in [5.41, 5.74) is 0.112. The van der Waals surface area contributed by atoms with E-state index < -0.39 is 5.97 Å². The number of rotatable bonds is 3. The number of amides is 2. The van der Waals surface area contributed by atoms with Crippen LogP contribution in [0.15, 0.2) is 18.3 Å². The Morgan fingerprint density at radius 3 is 2.82 bits per heavy atom. The van der Waals surface area contributed by atoms with Gasteiger partial charge in [0.2, 0.25) is 0 Å². The average molecular weight is 235 g/mol. The maximum absolute atomic E-state index is 11.7. The van der Waals surface area contributed by atoms with Crippen LogP contribution in [0.3, 0.4) is 0 Å². The molecule has 90 valence electrons. The van der Waals surface area contributed by atoms with Crippen molar-refractivity contribution in [1.82, 2.24) is 10.3 Å². The van der Waals surface area contributed by atoms with Gasteiger partial charge in [0.1, 0.15) is 5.82 Å². The van der Waals surface area contributed by atoms with E-state index >= 15 is 0 Å². The molecule has 1 aromatic heterocycles. The SMILES string of the molecule is CN(C(=O)NC1CC1)c1cc(C(=O)O)ccn1. The van der Waals surface area contributed by atoms with E-state index in [1.165, 1.54) is 23.2 Å². The van der Waals surface area contributed by atoms with Gasteiger partial charge >= 0.3 is 12.0 Å². The first-order chi connectivity index (χ1) is 8.08. The van der Waals surface area contributed by atoms with E-state index in [1.807, 2.05) is 0 Å². The summed E-state index contributed by atoms with van der Waals surface area (Å²) in [5, 5.41) is 11.6. The zero-order chi connectivity index (χ0) is 12.4. The summed E-state index contributed by atoms with van der Waals surface area (Å²) in [4.78, 5) is 27.8. The molecule has 1 fully saturated rings. The molecule has 2 N–H and O–H groups in total. The van der Waals surface area contributed by atoms with Crippen LogP contribution >= 0.6 is 0 Å². The standard InChI is InChI=1S/C11H13N3O3/c1-14(11(17)13-8-2-3-8)9-6-7(10(15)16)4-5-12-9/h4-6,8H,2-3H2,1H3,(H,13,17)(H,15,16). The fraction of sp³-hybridized carbons (Fsp3) is 0.364. The Morgan fingerprint density at radius 1 is 1.53 bits per heavy atom. The van der Waals surface area contributed by atoms with Crippen LogP contribution in [0, 0.1) is 0 Å². The molecule has 17 heavy (non-hydrogen) atoms. The predicted molar refractivity (Wildman–Crippen MR) is 61.2 cm³/mol. The van der Waals surface area contributed by atoms with E-state index in [2.05, 4.69) is 10.3 Å². The summed E-state index contributed by atoms with van der Waals surface area (Å²) in [5.74, 6) is -0.715. The van der Waals surface area contributed by atoms with E-state index in [0.29, 0.717) is 5.82 Å². The lowest BCUT2D eigenvalue weighted by molar-refractivity contribution is 0.0696. The Balaban J connectivity index is 2.11. The topological polar surface area (TPSA) is 82.5 Å². The molecule has 1 saturated carbocycles. The van der Waals surface area contributed by atoms with Gasteiger partial charge < -0.3 is 10.4 Å². The third-order valence-electron chi connectivity index (χ3n) is 2.55. The number of hydrogen-bond donors (Lipinski definition) is 2. The first-order valence-electron chi connectivity index (χ1n) is 5.31. The van der Waals surface area contributed by atoms with Crippen LogP contribution in [-0.2, 0) is 0 Å². The van der Waals surface area contributed by atoms with Crippen LogP contribution in [0.5, 0.6) is 0 Å². The zero-order valence-corrected chi connectivity index (χ0v) is 9.38. The fourth-order valence-electron chi connectivity index (χ4n) is 1.34. The summed E-state index contributed by atoms with van der Waals surface area (Å²) in [6, 6.07) is 2.75. The van der Waals surface area contributed by atoms with Gasteiger partial charge in [0.25, 0.3) is 0 Å². The third-order valence-corrected chi connectivity index (χ3v) is 2.55. The molecule has 2 rings (SSSR count). The molecule has 0 unspecified atom stereocenters. The van der Waals surface area contributed by atoms with E-state index in [0.717, 1.165) is 12.8 Å². The van der Waals surface area contributed by atoms with Gasteiger partial charge in [0.05, 0.1) is 5.56 Å². The number of pyridine rings is 1. The number of urea groups is 1. The van der Waals surface area contributed by atoms with E-state index in [-0.39, 0.29) is 17.6 Å². The number of aromatic nitrogens is 1. The van der Waals surface area contributed by atoms with E-state index in [9.17, 15) is 9.59 Å². The monoisotopic (exact) mass is 235 g/mol. The van der Waals surface area contributed by atoms with Crippen LogP contribution in [0.25, 0.3) is 0 Å². The first-order valence-corrected chi connectivity index (χ1v) is 5.31. The molecule has 1 aliphatic rings. The minimum atomic E-state index is -1.04. The second-order valence-electron chi connectivity index (χ2n) is 3.99. The molecule has 1 heterocycles. The fourth-order valence-corrected chi connectivity index (χ4v) is 1.34. The second kappa shape index (κ2) is 4.40. The lowest BCUT2D eigenvalue weighted by Crippen LogP contribution is -2.38. The molecule has 0 radical (unpaired) electrons. The molecule has 0 aromatic carbocycles. The van der Waals surface area contributed by atoms with Crippen LogP contribution in [0.4, 0.5) is 10.6 Å². The summed E-state index contributed by atoms with van der Waals surface area (Å²) < 4.78 is 0. The average Bonchev–Trinajstić information content (AvgIpc) is 3.12. The zero-order valence-electron chi connectivity index (χ0n) is 9.38. The Morgan fingerprint density at radius 2 is 2.24 bits per heavy atom. The van der Waals surface area contributed by atoms with Crippen molar-refractivity contribution in [3.05, 3.63) is 23.9 Å². The van der Waals surface area contributed by atoms with Crippen molar-refractivity contribution in [2.24, 2.45) is 0 Å². The van der Waals surface area contributed by atoms with Gasteiger partial charge in [-0.3, -0.25) is 4.90 Å². The Kier molecular flexibility index (Phi) is 2.95. The van der Waals surface area contributed by atoms with Gasteiger partial charge in [0, 0.05) is 19.3 Å². The summed E-state index contributed by atoms with van der Waals surface area (Å²) in [6.45, 7) is 0. The molecule has 6 nitrogen and oxygen atoms in total. The van der Waals surface area contributed by atoms with Gasteiger partial charge in [-0.25, -0.2) is 14.6 Å². The van der Waals surface area contributed by atoms with Crippen molar-refractivity contribution < 1.29 is 14.7 Å². The smallest absolute Gasteiger partial charge is 0.335 e. The van der Waals surface area contributed by atoms with Crippen LogP contribution in [0.2, 0.25) is 0 Å². The third kappa shape index (κ3) is 2.72. The Bertz CT molecular complexity index is 457. The molecule has 6 heteroatoms. The highest BCUT2D eigenvalue weighted by Crippen LogP contribution is 2.19. The number of carbonyl (C=O) groups is 2. The summed E-state index contributed by atoms with van der Waals surface area (Å²) in [7, 11) is 1.56. The second-order valence-corrected chi connectivity index (χ2v) is 3.99. The molecular formula is C11H13N3O3. The highest BCUT2D eigenvalue weighted by Gasteiger charge is 2.25. The molecule has 0 bridgehead atoms. The lowest BCUT2D eigenvalue weighted by Gasteiger charge is -2.16. The van der Waals surface area contributed by atoms with Crippen molar-refractivity contribution in [3.8, 4) is 0 Å². The summed E-state index contributed by atoms with van der Waals surface area (Å²) in [6.07, 6.45) is 3.38. The van der Waals surface area contributed by atoms with Crippen LogP contribution in [-0.4, -0.2) is 35.2 Å². The maximum Gasteiger partial charge on any atom is 0.335 e. The van der Waals surface area contributed by atoms with E-state index in [4.69, 9.17) is 5.11 Å². The minimum absolute atomic E-state index is 0.112. The number of hydrogen-bond acceptors (Lipinski definition) is 3. The van der Waals surface area contributed by atoms with Crippen molar-refractivity contribution in [3.63, 3.8) is 0 Å². The number of carboxylic acid groups (broad SMARTS) is 1. The quantitative estimate of drug-likeness (QED) is 0.821. The molecule has 2 amide bonds.